The van der Waals surface area contributed by atoms with E-state index >= 15 is 0 Å². The first-order valence-corrected chi connectivity index (χ1v) is 8.71. The van der Waals surface area contributed by atoms with Gasteiger partial charge in [-0.05, 0) is 24.3 Å². The van der Waals surface area contributed by atoms with Crippen LogP contribution in [0.1, 0.15) is 0 Å². The van der Waals surface area contributed by atoms with Crippen LogP contribution in [0.2, 0.25) is 0 Å². The maximum absolute atomic E-state index is 13.6. The zero-order chi connectivity index (χ0) is 19.6. The average molecular weight is 394 g/mol. The number of carbonyl (C=O) groups is 1. The summed E-state index contributed by atoms with van der Waals surface area (Å²) in [6.45, 7) is -0.942. The molecule has 0 aliphatic carbocycles. The van der Waals surface area contributed by atoms with Crippen molar-refractivity contribution in [3.8, 4) is 0 Å². The molecule has 0 aliphatic heterocycles. The van der Waals surface area contributed by atoms with Crippen LogP contribution >= 0.6 is 0 Å². The number of hydrogen-bond acceptors (Lipinski definition) is 3. The Bertz CT molecular complexity index is 966. The summed E-state index contributed by atoms with van der Waals surface area (Å²) in [7, 11) is -4.10. The quantitative estimate of drug-likeness (QED) is 0.627. The highest BCUT2D eigenvalue weighted by molar-refractivity contribution is 7.92. The van der Waals surface area contributed by atoms with Gasteiger partial charge in [-0.3, -0.25) is 9.10 Å². The van der Waals surface area contributed by atoms with Crippen LogP contribution in [0.4, 0.5) is 33.3 Å². The normalized spacial score (nSPS) is 11.3. The third-order valence-electron chi connectivity index (χ3n) is 3.19. The molecule has 0 radical (unpaired) electrons. The zero-order valence-corrected chi connectivity index (χ0v) is 13.9. The molecule has 0 bridgehead atoms. The second-order valence-electron chi connectivity index (χ2n) is 5.14. The molecule has 26 heavy (non-hydrogen) atoms. The third-order valence-corrected chi connectivity index (χ3v) is 4.33. The lowest BCUT2D eigenvalue weighted by Gasteiger charge is -2.22. The topological polar surface area (TPSA) is 66.5 Å². The smallest absolute Gasteiger partial charge is 0.245 e. The molecule has 0 aromatic heterocycles. The Kier molecular flexibility index (Phi) is 5.50. The van der Waals surface area contributed by atoms with Gasteiger partial charge in [-0.2, -0.15) is 0 Å². The van der Waals surface area contributed by atoms with Crippen LogP contribution in [-0.2, 0) is 14.8 Å². The molecule has 0 atom stereocenters. The van der Waals surface area contributed by atoms with Crippen molar-refractivity contribution < 1.29 is 35.2 Å². The molecule has 0 saturated heterocycles. The van der Waals surface area contributed by atoms with Gasteiger partial charge in [0, 0.05) is 6.07 Å². The second kappa shape index (κ2) is 7.28. The van der Waals surface area contributed by atoms with Crippen LogP contribution in [0, 0.1) is 29.1 Å². The molecule has 0 heterocycles. The number of anilines is 2. The molecule has 5 nitrogen and oxygen atoms in total. The van der Waals surface area contributed by atoms with E-state index in [4.69, 9.17) is 0 Å². The van der Waals surface area contributed by atoms with Crippen molar-refractivity contribution in [1.29, 1.82) is 0 Å². The zero-order valence-electron chi connectivity index (χ0n) is 13.1. The van der Waals surface area contributed by atoms with Crippen LogP contribution in [-0.4, -0.2) is 27.1 Å². The van der Waals surface area contributed by atoms with Crippen LogP contribution in [0.15, 0.2) is 30.3 Å². The summed E-state index contributed by atoms with van der Waals surface area (Å²) in [5.41, 5.74) is -1.07. The molecule has 0 aliphatic rings. The number of halogens is 5. The predicted molar refractivity (Wildman–Crippen MR) is 83.5 cm³/mol. The number of rotatable bonds is 5. The van der Waals surface area contributed by atoms with Gasteiger partial charge in [-0.1, -0.05) is 0 Å². The predicted octanol–water partition coefficient (Wildman–Crippen LogP) is 2.79. The van der Waals surface area contributed by atoms with E-state index in [9.17, 15) is 35.2 Å². The Hall–Kier alpha value is -2.69. The number of nitrogens with zero attached hydrogens (tertiary/aromatic N) is 1. The standard InChI is InChI=1S/C15H11F5N2O3S/c1-26(24,25)22(8-2-3-9(16)11(18)6-8)7-13(23)21-12-5-4-10(17)14(19)15(12)20/h2-6H,7H2,1H3,(H,21,23). The molecule has 1 amide bonds. The Balaban J connectivity index is 2.28. The molecule has 2 rings (SSSR count). The molecule has 1 N–H and O–H groups in total. The van der Waals surface area contributed by atoms with E-state index < -0.39 is 57.2 Å². The summed E-state index contributed by atoms with van der Waals surface area (Å²) in [5.74, 6) is -8.65. The van der Waals surface area contributed by atoms with E-state index in [2.05, 4.69) is 0 Å². The van der Waals surface area contributed by atoms with Gasteiger partial charge in [0.1, 0.15) is 6.54 Å². The maximum Gasteiger partial charge on any atom is 0.245 e. The summed E-state index contributed by atoms with van der Waals surface area (Å²) in [6.07, 6.45) is 0.708. The van der Waals surface area contributed by atoms with Gasteiger partial charge >= 0.3 is 0 Å². The van der Waals surface area contributed by atoms with E-state index in [1.807, 2.05) is 5.32 Å². The molecular weight excluding hydrogens is 383 g/mol. The Morgan fingerprint density at radius 1 is 0.962 bits per heavy atom. The molecule has 0 spiro atoms. The minimum absolute atomic E-state index is 0.354. The third kappa shape index (κ3) is 4.28. The number of nitrogens with one attached hydrogen (secondary N) is 1. The van der Waals surface area contributed by atoms with Gasteiger partial charge in [0.25, 0.3) is 0 Å². The minimum Gasteiger partial charge on any atom is -0.322 e. The van der Waals surface area contributed by atoms with Crippen molar-refractivity contribution in [2.45, 2.75) is 0 Å². The molecule has 0 fully saturated rings. The van der Waals surface area contributed by atoms with E-state index in [0.29, 0.717) is 28.8 Å². The van der Waals surface area contributed by atoms with E-state index in [1.54, 1.807) is 0 Å². The summed E-state index contributed by atoms with van der Waals surface area (Å²) < 4.78 is 90.0. The molecule has 2 aromatic rings. The summed E-state index contributed by atoms with van der Waals surface area (Å²) in [5, 5.41) is 1.88. The fourth-order valence-corrected chi connectivity index (χ4v) is 2.83. The van der Waals surface area contributed by atoms with Crippen molar-refractivity contribution in [2.24, 2.45) is 0 Å². The van der Waals surface area contributed by atoms with Gasteiger partial charge in [-0.25, -0.2) is 30.4 Å². The van der Waals surface area contributed by atoms with Crippen LogP contribution in [0.5, 0.6) is 0 Å². The lowest BCUT2D eigenvalue weighted by Crippen LogP contribution is -2.37. The second-order valence-corrected chi connectivity index (χ2v) is 7.05. The lowest BCUT2D eigenvalue weighted by atomic mass is 10.2. The highest BCUT2D eigenvalue weighted by atomic mass is 32.2. The van der Waals surface area contributed by atoms with E-state index in [-0.39, 0.29) is 5.69 Å². The van der Waals surface area contributed by atoms with Gasteiger partial charge in [0.2, 0.25) is 15.9 Å². The van der Waals surface area contributed by atoms with Crippen molar-refractivity contribution >= 4 is 27.3 Å². The number of carbonyl (C=O) groups excluding carboxylic acids is 1. The molecular formula is C15H11F5N2O3S. The fourth-order valence-electron chi connectivity index (χ4n) is 1.98. The SMILES string of the molecule is CS(=O)(=O)N(CC(=O)Nc1ccc(F)c(F)c1F)c1ccc(F)c(F)c1. The maximum atomic E-state index is 13.6. The van der Waals surface area contributed by atoms with Crippen molar-refractivity contribution in [2.75, 3.05) is 22.4 Å². The summed E-state index contributed by atoms with van der Waals surface area (Å²) in [6, 6.07) is 3.45. The number of sulfonamides is 1. The lowest BCUT2D eigenvalue weighted by molar-refractivity contribution is -0.114. The first kappa shape index (κ1) is 19.6. The minimum atomic E-state index is -4.10. The van der Waals surface area contributed by atoms with Gasteiger partial charge in [0.15, 0.2) is 29.1 Å². The van der Waals surface area contributed by atoms with Crippen molar-refractivity contribution in [3.63, 3.8) is 0 Å². The van der Waals surface area contributed by atoms with E-state index in [0.717, 1.165) is 12.1 Å². The summed E-state index contributed by atoms with van der Waals surface area (Å²) >= 11 is 0. The van der Waals surface area contributed by atoms with Crippen LogP contribution in [0.25, 0.3) is 0 Å². The van der Waals surface area contributed by atoms with Crippen LogP contribution < -0.4 is 9.62 Å². The number of hydrogen-bond donors (Lipinski definition) is 1. The number of benzene rings is 2. The number of amides is 1. The molecule has 0 saturated carbocycles. The highest BCUT2D eigenvalue weighted by Crippen LogP contribution is 2.22. The average Bonchev–Trinajstić information content (AvgIpc) is 2.55. The largest absolute Gasteiger partial charge is 0.322 e. The fraction of sp³-hybridized carbons (Fsp3) is 0.133. The summed E-state index contributed by atoms with van der Waals surface area (Å²) in [4.78, 5) is 12.0. The van der Waals surface area contributed by atoms with Crippen LogP contribution in [0.3, 0.4) is 0 Å². The first-order chi connectivity index (χ1) is 12.0. The Morgan fingerprint density at radius 2 is 1.58 bits per heavy atom. The monoisotopic (exact) mass is 394 g/mol. The van der Waals surface area contributed by atoms with Gasteiger partial charge in [-0.15, -0.1) is 0 Å². The van der Waals surface area contributed by atoms with Gasteiger partial charge in [0.05, 0.1) is 17.6 Å². The molecule has 11 heteroatoms. The molecule has 0 unspecified atom stereocenters. The van der Waals surface area contributed by atoms with Gasteiger partial charge < -0.3 is 5.32 Å². The first-order valence-electron chi connectivity index (χ1n) is 6.87. The molecule has 140 valence electrons. The highest BCUT2D eigenvalue weighted by Gasteiger charge is 2.23. The van der Waals surface area contributed by atoms with Crippen molar-refractivity contribution in [1.82, 2.24) is 0 Å². The van der Waals surface area contributed by atoms with E-state index in [1.165, 1.54) is 0 Å². The molecule has 2 aromatic carbocycles. The van der Waals surface area contributed by atoms with Crippen molar-refractivity contribution in [3.05, 3.63) is 59.4 Å². The Labute approximate surface area is 145 Å². The Morgan fingerprint density at radius 3 is 2.15 bits per heavy atom.